The van der Waals surface area contributed by atoms with E-state index < -0.39 is 10.3 Å². The van der Waals surface area contributed by atoms with E-state index in [1.165, 1.54) is 28.0 Å². The van der Waals surface area contributed by atoms with Gasteiger partial charge in [-0.2, -0.15) is 0 Å². The first kappa shape index (κ1) is 22.5. The number of nitrogens with zero attached hydrogens (tertiary/aromatic N) is 2. The predicted molar refractivity (Wildman–Crippen MR) is 118 cm³/mol. The number of carbonyl (C=O) groups is 3. The first-order valence-corrected chi connectivity index (χ1v) is 11.5. The molecule has 1 aliphatic heterocycles. The zero-order valence-electron chi connectivity index (χ0n) is 17.9. The molecule has 0 atom stereocenters. The molecule has 1 aromatic carbocycles. The van der Waals surface area contributed by atoms with Crippen molar-refractivity contribution in [3.63, 3.8) is 0 Å². The quantitative estimate of drug-likeness (QED) is 0.352. The van der Waals surface area contributed by atoms with Gasteiger partial charge in [0.25, 0.3) is 11.8 Å². The average molecular weight is 447 g/mol. The van der Waals surface area contributed by atoms with Crippen LogP contribution < -0.4 is 0 Å². The summed E-state index contributed by atoms with van der Waals surface area (Å²) in [6.07, 6.45) is 1.28. The molecule has 0 radical (unpaired) electrons. The molecule has 1 aromatic heterocycles. The van der Waals surface area contributed by atoms with Gasteiger partial charge in [-0.25, -0.2) is 4.98 Å². The Balaban J connectivity index is 1.54. The van der Waals surface area contributed by atoms with Gasteiger partial charge in [0.15, 0.2) is 4.34 Å². The standard InChI is InChI=1S/C22H26N2O4S2/c1-21(2,3)28-19(27)22(4,5)30-20-23-14(13-29-20)9-8-12-24-17(25)15-10-6-7-11-16(15)18(24)26/h6-7,10-11,13H,8-9,12H2,1-5H3. The second-order valence-electron chi connectivity index (χ2n) is 8.63. The van der Waals surface area contributed by atoms with Crippen LogP contribution in [-0.4, -0.2) is 44.6 Å². The molecule has 0 N–H and O–H groups in total. The minimum Gasteiger partial charge on any atom is -0.459 e. The lowest BCUT2D eigenvalue weighted by Gasteiger charge is -2.27. The van der Waals surface area contributed by atoms with E-state index in [-0.39, 0.29) is 17.8 Å². The van der Waals surface area contributed by atoms with E-state index in [9.17, 15) is 14.4 Å². The van der Waals surface area contributed by atoms with Crippen molar-refractivity contribution in [3.05, 3.63) is 46.5 Å². The minimum atomic E-state index is -0.747. The van der Waals surface area contributed by atoms with Gasteiger partial charge in [0.1, 0.15) is 10.3 Å². The summed E-state index contributed by atoms with van der Waals surface area (Å²) in [5.74, 6) is -0.740. The van der Waals surface area contributed by atoms with Gasteiger partial charge >= 0.3 is 5.97 Å². The highest BCUT2D eigenvalue weighted by Crippen LogP contribution is 2.36. The topological polar surface area (TPSA) is 76.6 Å². The number of fused-ring (bicyclic) bond motifs is 1. The highest BCUT2D eigenvalue weighted by molar-refractivity contribution is 8.03. The number of rotatable bonds is 7. The Morgan fingerprint density at radius 3 is 2.27 bits per heavy atom. The summed E-state index contributed by atoms with van der Waals surface area (Å²) in [6, 6.07) is 6.90. The third kappa shape index (κ3) is 5.10. The second kappa shape index (κ2) is 8.51. The van der Waals surface area contributed by atoms with Crippen LogP contribution in [0.4, 0.5) is 0 Å². The van der Waals surface area contributed by atoms with Gasteiger partial charge in [0.2, 0.25) is 0 Å². The molecule has 2 heterocycles. The Morgan fingerprint density at radius 1 is 1.10 bits per heavy atom. The van der Waals surface area contributed by atoms with Crippen LogP contribution in [0.3, 0.4) is 0 Å². The molecular weight excluding hydrogens is 420 g/mol. The molecule has 2 aromatic rings. The van der Waals surface area contributed by atoms with Crippen molar-refractivity contribution < 1.29 is 19.1 Å². The van der Waals surface area contributed by atoms with Gasteiger partial charge in [-0.1, -0.05) is 23.9 Å². The van der Waals surface area contributed by atoms with E-state index in [1.807, 2.05) is 40.0 Å². The third-order valence-corrected chi connectivity index (χ3v) is 6.62. The Labute approximate surface area is 185 Å². The van der Waals surface area contributed by atoms with E-state index in [1.54, 1.807) is 24.3 Å². The summed E-state index contributed by atoms with van der Waals surface area (Å²) in [5.41, 5.74) is 1.30. The fourth-order valence-electron chi connectivity index (χ4n) is 2.97. The van der Waals surface area contributed by atoms with Gasteiger partial charge in [-0.15, -0.1) is 11.3 Å². The summed E-state index contributed by atoms with van der Waals surface area (Å²) >= 11 is 2.86. The molecule has 0 fully saturated rings. The minimum absolute atomic E-state index is 0.232. The first-order chi connectivity index (χ1) is 14.0. The third-order valence-electron chi connectivity index (χ3n) is 4.46. The number of aryl methyl sites for hydroxylation is 1. The molecule has 0 saturated heterocycles. The van der Waals surface area contributed by atoms with Crippen LogP contribution in [0.2, 0.25) is 0 Å². The van der Waals surface area contributed by atoms with Gasteiger partial charge in [0, 0.05) is 11.9 Å². The van der Waals surface area contributed by atoms with E-state index in [4.69, 9.17) is 4.74 Å². The fraction of sp³-hybridized carbons (Fsp3) is 0.455. The number of imide groups is 1. The van der Waals surface area contributed by atoms with Crippen LogP contribution in [0.15, 0.2) is 34.0 Å². The molecule has 0 spiro atoms. The summed E-state index contributed by atoms with van der Waals surface area (Å²) in [4.78, 5) is 43.2. The molecule has 0 unspecified atom stereocenters. The average Bonchev–Trinajstić information content (AvgIpc) is 3.18. The number of esters is 1. The smallest absolute Gasteiger partial charge is 0.322 e. The maximum atomic E-state index is 12.4. The maximum absolute atomic E-state index is 12.4. The zero-order valence-corrected chi connectivity index (χ0v) is 19.5. The summed E-state index contributed by atoms with van der Waals surface area (Å²) in [7, 11) is 0. The zero-order chi connectivity index (χ0) is 22.1. The number of amides is 2. The highest BCUT2D eigenvalue weighted by atomic mass is 32.2. The summed E-state index contributed by atoms with van der Waals surface area (Å²) < 4.78 is 5.54. The number of hydrogen-bond donors (Lipinski definition) is 0. The molecule has 2 amide bonds. The van der Waals surface area contributed by atoms with Crippen molar-refractivity contribution in [1.82, 2.24) is 9.88 Å². The Hall–Kier alpha value is -2.19. The normalized spacial score (nSPS) is 14.2. The number of hydrogen-bond acceptors (Lipinski definition) is 7. The second-order valence-corrected chi connectivity index (χ2v) is 11.4. The van der Waals surface area contributed by atoms with E-state index in [2.05, 4.69) is 4.98 Å². The van der Waals surface area contributed by atoms with Crippen molar-refractivity contribution in [2.75, 3.05) is 6.54 Å². The van der Waals surface area contributed by atoms with Crippen LogP contribution in [0.1, 0.15) is 67.4 Å². The lowest BCUT2D eigenvalue weighted by molar-refractivity contribution is -0.156. The SMILES string of the molecule is CC(C)(C)OC(=O)C(C)(C)Sc1nc(CCCN2C(=O)c3ccccc3C2=O)cs1. The molecule has 8 heteroatoms. The molecule has 6 nitrogen and oxygen atoms in total. The Morgan fingerprint density at radius 2 is 1.70 bits per heavy atom. The van der Waals surface area contributed by atoms with Crippen LogP contribution in [0.25, 0.3) is 0 Å². The van der Waals surface area contributed by atoms with Crippen molar-refractivity contribution in [2.45, 2.75) is 62.1 Å². The number of thioether (sulfide) groups is 1. The van der Waals surface area contributed by atoms with Crippen LogP contribution in [0, 0.1) is 0 Å². The number of ether oxygens (including phenoxy) is 1. The van der Waals surface area contributed by atoms with Crippen LogP contribution in [0.5, 0.6) is 0 Å². The molecule has 0 bridgehead atoms. The molecule has 160 valence electrons. The van der Waals surface area contributed by atoms with E-state index in [0.29, 0.717) is 30.5 Å². The predicted octanol–water partition coefficient (Wildman–Crippen LogP) is 4.58. The van der Waals surface area contributed by atoms with E-state index in [0.717, 1.165) is 10.0 Å². The Kier molecular flexibility index (Phi) is 6.38. The van der Waals surface area contributed by atoms with Crippen molar-refractivity contribution in [1.29, 1.82) is 0 Å². The number of thiazole rings is 1. The molecule has 0 saturated carbocycles. The van der Waals surface area contributed by atoms with Gasteiger partial charge in [-0.05, 0) is 59.6 Å². The summed E-state index contributed by atoms with van der Waals surface area (Å²) in [6.45, 7) is 9.56. The van der Waals surface area contributed by atoms with E-state index >= 15 is 0 Å². The van der Waals surface area contributed by atoms with Crippen molar-refractivity contribution in [3.8, 4) is 0 Å². The van der Waals surface area contributed by atoms with Gasteiger partial charge in [-0.3, -0.25) is 19.3 Å². The monoisotopic (exact) mass is 446 g/mol. The van der Waals surface area contributed by atoms with Crippen LogP contribution >= 0.6 is 23.1 Å². The largest absolute Gasteiger partial charge is 0.459 e. The van der Waals surface area contributed by atoms with Crippen molar-refractivity contribution in [2.24, 2.45) is 0 Å². The first-order valence-electron chi connectivity index (χ1n) is 9.80. The maximum Gasteiger partial charge on any atom is 0.322 e. The van der Waals surface area contributed by atoms with Crippen LogP contribution in [-0.2, 0) is 16.0 Å². The molecular formula is C22H26N2O4S2. The number of carbonyl (C=O) groups excluding carboxylic acids is 3. The lowest BCUT2D eigenvalue weighted by Crippen LogP contribution is -2.36. The number of aromatic nitrogens is 1. The number of benzene rings is 1. The Bertz CT molecular complexity index is 941. The molecule has 0 aliphatic carbocycles. The summed E-state index contributed by atoms with van der Waals surface area (Å²) in [5, 5.41) is 1.95. The van der Waals surface area contributed by atoms with Gasteiger partial charge < -0.3 is 4.74 Å². The molecule has 3 rings (SSSR count). The molecule has 30 heavy (non-hydrogen) atoms. The fourth-order valence-corrected chi connectivity index (χ4v) is 5.24. The highest BCUT2D eigenvalue weighted by Gasteiger charge is 2.35. The lowest BCUT2D eigenvalue weighted by atomic mass is 10.1. The molecule has 1 aliphatic rings. The van der Waals surface area contributed by atoms with Gasteiger partial charge in [0.05, 0.1) is 16.8 Å². The van der Waals surface area contributed by atoms with Crippen molar-refractivity contribution >= 4 is 40.9 Å².